The number of hydrogen-bond acceptors (Lipinski definition) is 6. The van der Waals surface area contributed by atoms with Crippen LogP contribution in [0.15, 0.2) is 54.4 Å². The van der Waals surface area contributed by atoms with Crippen molar-refractivity contribution in [1.82, 2.24) is 14.8 Å². The molecule has 7 heteroatoms. The number of aryl methyl sites for hydroxylation is 1. The standard InChI is InChI=1S/C24H28N4O3/c1-18-7-9-19(10-8-18)21-22(24(30)28(23(21)29)12-5-17-31-2)27-15-13-26(14-16-27)20-6-3-4-11-25-20/h3-4,6-11H,5,12-17H2,1-2H3. The van der Waals surface area contributed by atoms with E-state index in [1.807, 2.05) is 49.4 Å². The van der Waals surface area contributed by atoms with E-state index in [-0.39, 0.29) is 11.8 Å². The van der Waals surface area contributed by atoms with Gasteiger partial charge < -0.3 is 14.5 Å². The lowest BCUT2D eigenvalue weighted by molar-refractivity contribution is -0.137. The predicted octanol–water partition coefficient (Wildman–Crippen LogP) is 2.33. The molecule has 0 atom stereocenters. The highest BCUT2D eigenvalue weighted by molar-refractivity contribution is 6.35. The number of anilines is 1. The number of carbonyl (C=O) groups is 2. The molecular weight excluding hydrogens is 392 g/mol. The molecule has 4 rings (SSSR count). The number of imide groups is 1. The smallest absolute Gasteiger partial charge is 0.277 e. The third-order valence-electron chi connectivity index (χ3n) is 5.78. The van der Waals surface area contributed by atoms with E-state index in [1.165, 1.54) is 4.90 Å². The molecule has 0 radical (unpaired) electrons. The van der Waals surface area contributed by atoms with Crippen molar-refractivity contribution in [1.29, 1.82) is 0 Å². The number of hydrogen-bond donors (Lipinski definition) is 0. The maximum absolute atomic E-state index is 13.4. The van der Waals surface area contributed by atoms with Crippen LogP contribution in [0.2, 0.25) is 0 Å². The van der Waals surface area contributed by atoms with Gasteiger partial charge in [0, 0.05) is 52.6 Å². The molecule has 2 amide bonds. The minimum atomic E-state index is -0.216. The first-order valence-corrected chi connectivity index (χ1v) is 10.7. The van der Waals surface area contributed by atoms with Crippen LogP contribution >= 0.6 is 0 Å². The average molecular weight is 421 g/mol. The fraction of sp³-hybridized carbons (Fsp3) is 0.375. The Balaban J connectivity index is 1.60. The van der Waals surface area contributed by atoms with Gasteiger partial charge >= 0.3 is 0 Å². The molecule has 1 aromatic carbocycles. The SMILES string of the molecule is COCCCN1C(=O)C(c2ccc(C)cc2)=C(N2CCN(c3ccccn3)CC2)C1=O. The number of benzene rings is 1. The number of ether oxygens (including phenoxy) is 1. The average Bonchev–Trinajstić information content (AvgIpc) is 3.05. The summed E-state index contributed by atoms with van der Waals surface area (Å²) >= 11 is 0. The minimum absolute atomic E-state index is 0.206. The van der Waals surface area contributed by atoms with Gasteiger partial charge in [-0.05, 0) is 31.0 Å². The largest absolute Gasteiger partial charge is 0.385 e. The van der Waals surface area contributed by atoms with Crippen molar-refractivity contribution in [3.8, 4) is 0 Å². The molecule has 1 aromatic heterocycles. The molecule has 0 bridgehead atoms. The Hall–Kier alpha value is -3.19. The van der Waals surface area contributed by atoms with Crippen LogP contribution in [0, 0.1) is 6.92 Å². The Bertz CT molecular complexity index is 964. The normalized spacial score (nSPS) is 17.2. The van der Waals surface area contributed by atoms with E-state index < -0.39 is 0 Å². The van der Waals surface area contributed by atoms with Crippen molar-refractivity contribution in [2.24, 2.45) is 0 Å². The quantitative estimate of drug-likeness (QED) is 0.506. The zero-order valence-electron chi connectivity index (χ0n) is 18.1. The number of nitrogens with zero attached hydrogens (tertiary/aromatic N) is 4. The van der Waals surface area contributed by atoms with Gasteiger partial charge in [-0.25, -0.2) is 4.98 Å². The van der Waals surface area contributed by atoms with Crippen molar-refractivity contribution >= 4 is 23.2 Å². The summed E-state index contributed by atoms with van der Waals surface area (Å²) in [5.74, 6) is 0.514. The molecule has 2 aliphatic rings. The predicted molar refractivity (Wildman–Crippen MR) is 119 cm³/mol. The molecule has 2 aliphatic heterocycles. The molecular formula is C24H28N4O3. The lowest BCUT2D eigenvalue weighted by Gasteiger charge is -2.37. The highest BCUT2D eigenvalue weighted by Gasteiger charge is 2.41. The van der Waals surface area contributed by atoms with E-state index in [1.54, 1.807) is 13.3 Å². The molecule has 0 saturated carbocycles. The summed E-state index contributed by atoms with van der Waals surface area (Å²) in [5, 5.41) is 0. The third-order valence-corrected chi connectivity index (χ3v) is 5.78. The van der Waals surface area contributed by atoms with Gasteiger partial charge in [-0.1, -0.05) is 35.9 Å². The summed E-state index contributed by atoms with van der Waals surface area (Å²) in [6.45, 7) is 5.68. The Labute approximate surface area is 182 Å². The van der Waals surface area contributed by atoms with Crippen LogP contribution in [0.25, 0.3) is 5.57 Å². The Morgan fingerprint density at radius 1 is 0.935 bits per heavy atom. The van der Waals surface area contributed by atoms with Crippen molar-refractivity contribution in [3.63, 3.8) is 0 Å². The van der Waals surface area contributed by atoms with Crippen LogP contribution in [-0.2, 0) is 14.3 Å². The molecule has 31 heavy (non-hydrogen) atoms. The van der Waals surface area contributed by atoms with Crippen LogP contribution < -0.4 is 4.90 Å². The van der Waals surface area contributed by atoms with Gasteiger partial charge in [0.25, 0.3) is 11.8 Å². The number of rotatable bonds is 7. The van der Waals surface area contributed by atoms with E-state index in [0.717, 1.165) is 30.0 Å². The molecule has 0 aliphatic carbocycles. The van der Waals surface area contributed by atoms with Crippen molar-refractivity contribution in [2.45, 2.75) is 13.3 Å². The van der Waals surface area contributed by atoms with Crippen LogP contribution in [0.1, 0.15) is 17.5 Å². The van der Waals surface area contributed by atoms with Crippen molar-refractivity contribution in [3.05, 3.63) is 65.5 Å². The molecule has 162 valence electrons. The van der Waals surface area contributed by atoms with E-state index >= 15 is 0 Å². The highest BCUT2D eigenvalue weighted by Crippen LogP contribution is 2.32. The molecule has 7 nitrogen and oxygen atoms in total. The van der Waals surface area contributed by atoms with Gasteiger partial charge in [0.15, 0.2) is 0 Å². The lowest BCUT2D eigenvalue weighted by atomic mass is 10.0. The zero-order valence-corrected chi connectivity index (χ0v) is 18.1. The lowest BCUT2D eigenvalue weighted by Crippen LogP contribution is -2.48. The summed E-state index contributed by atoms with van der Waals surface area (Å²) in [5.41, 5.74) is 2.93. The second-order valence-corrected chi connectivity index (χ2v) is 7.86. The first-order chi connectivity index (χ1) is 15.1. The van der Waals surface area contributed by atoms with Crippen molar-refractivity contribution in [2.75, 3.05) is 51.3 Å². The number of piperazine rings is 1. The van der Waals surface area contributed by atoms with Gasteiger partial charge in [0.2, 0.25) is 0 Å². The molecule has 0 spiro atoms. The van der Waals surface area contributed by atoms with Gasteiger partial charge in [-0.2, -0.15) is 0 Å². The van der Waals surface area contributed by atoms with Crippen LogP contribution in [0.5, 0.6) is 0 Å². The molecule has 3 heterocycles. The van der Waals surface area contributed by atoms with Crippen LogP contribution in [0.4, 0.5) is 5.82 Å². The summed E-state index contributed by atoms with van der Waals surface area (Å²) in [4.78, 5) is 36.7. The highest BCUT2D eigenvalue weighted by atomic mass is 16.5. The van der Waals surface area contributed by atoms with E-state index in [0.29, 0.717) is 43.9 Å². The second-order valence-electron chi connectivity index (χ2n) is 7.86. The van der Waals surface area contributed by atoms with Crippen LogP contribution in [0.3, 0.4) is 0 Å². The van der Waals surface area contributed by atoms with Crippen molar-refractivity contribution < 1.29 is 14.3 Å². The van der Waals surface area contributed by atoms with E-state index in [9.17, 15) is 9.59 Å². The van der Waals surface area contributed by atoms with Gasteiger partial charge in [0.1, 0.15) is 11.5 Å². The first kappa shape index (κ1) is 21.1. The number of carbonyl (C=O) groups excluding carboxylic acids is 2. The molecule has 1 saturated heterocycles. The van der Waals surface area contributed by atoms with Gasteiger partial charge in [-0.15, -0.1) is 0 Å². The summed E-state index contributed by atoms with van der Waals surface area (Å²) in [7, 11) is 1.62. The Kier molecular flexibility index (Phi) is 6.32. The summed E-state index contributed by atoms with van der Waals surface area (Å²) in [6, 6.07) is 13.7. The molecule has 0 unspecified atom stereocenters. The maximum Gasteiger partial charge on any atom is 0.277 e. The van der Waals surface area contributed by atoms with E-state index in [2.05, 4.69) is 14.8 Å². The monoisotopic (exact) mass is 420 g/mol. The summed E-state index contributed by atoms with van der Waals surface area (Å²) in [6.07, 6.45) is 2.41. The Morgan fingerprint density at radius 2 is 1.65 bits per heavy atom. The van der Waals surface area contributed by atoms with Gasteiger partial charge in [-0.3, -0.25) is 14.5 Å². The fourth-order valence-electron chi connectivity index (χ4n) is 4.11. The second kappa shape index (κ2) is 9.31. The third kappa shape index (κ3) is 4.32. The first-order valence-electron chi connectivity index (χ1n) is 10.7. The van der Waals surface area contributed by atoms with Crippen LogP contribution in [-0.4, -0.2) is 73.0 Å². The maximum atomic E-state index is 13.4. The Morgan fingerprint density at radius 3 is 2.29 bits per heavy atom. The molecule has 1 fully saturated rings. The zero-order chi connectivity index (χ0) is 21.8. The minimum Gasteiger partial charge on any atom is -0.385 e. The number of amides is 2. The number of aromatic nitrogens is 1. The molecule has 0 N–H and O–H groups in total. The number of methoxy groups -OCH3 is 1. The van der Waals surface area contributed by atoms with E-state index in [4.69, 9.17) is 4.74 Å². The van der Waals surface area contributed by atoms with Gasteiger partial charge in [0.05, 0.1) is 5.57 Å². The topological polar surface area (TPSA) is 66.0 Å². The summed E-state index contributed by atoms with van der Waals surface area (Å²) < 4.78 is 5.11. The fourth-order valence-corrected chi connectivity index (χ4v) is 4.11. The number of pyridine rings is 1. The molecule has 2 aromatic rings.